The van der Waals surface area contributed by atoms with Crippen LogP contribution in [0.5, 0.6) is 0 Å². The maximum absolute atomic E-state index is 9.31. The maximum Gasteiger partial charge on any atom is 0.0636 e. The van der Waals surface area contributed by atoms with E-state index in [0.717, 1.165) is 12.1 Å². The molecular formula is C34H22. The van der Waals surface area contributed by atoms with Crippen molar-refractivity contribution in [1.82, 2.24) is 0 Å². The van der Waals surface area contributed by atoms with Crippen molar-refractivity contribution in [2.75, 3.05) is 0 Å². The van der Waals surface area contributed by atoms with Gasteiger partial charge in [-0.2, -0.15) is 0 Å². The predicted octanol–water partition coefficient (Wildman–Crippen LogP) is 9.63. The van der Waals surface area contributed by atoms with Gasteiger partial charge in [0.2, 0.25) is 0 Å². The van der Waals surface area contributed by atoms with Crippen LogP contribution >= 0.6 is 0 Å². The average Bonchev–Trinajstić information content (AvgIpc) is 3.13. The van der Waals surface area contributed by atoms with Crippen LogP contribution in [0, 0.1) is 0 Å². The summed E-state index contributed by atoms with van der Waals surface area (Å²) in [5.74, 6) is 0. The Bertz CT molecular complexity index is 2920. The highest BCUT2D eigenvalue weighted by atomic mass is 14.2. The Kier molecular flexibility index (Phi) is 1.74. The summed E-state index contributed by atoms with van der Waals surface area (Å²) in [4.78, 5) is 0. The van der Waals surface area contributed by atoms with Crippen LogP contribution in [-0.4, -0.2) is 0 Å². The molecule has 0 saturated heterocycles. The largest absolute Gasteiger partial charge is 0.0636 e. The van der Waals surface area contributed by atoms with Gasteiger partial charge < -0.3 is 0 Å². The molecule has 0 aromatic heterocycles. The summed E-state index contributed by atoms with van der Waals surface area (Å²) in [6.45, 7) is 0. The van der Waals surface area contributed by atoms with E-state index in [9.17, 15) is 4.11 Å². The summed E-state index contributed by atoms with van der Waals surface area (Å²) in [6.07, 6.45) is 0. The Morgan fingerprint density at radius 2 is 0.971 bits per heavy atom. The van der Waals surface area contributed by atoms with E-state index in [1.165, 1.54) is 0 Å². The highest BCUT2D eigenvalue weighted by Crippen LogP contribution is 2.45. The lowest BCUT2D eigenvalue weighted by Crippen LogP contribution is -1.91. The Balaban J connectivity index is 1.91. The summed E-state index contributed by atoms with van der Waals surface area (Å²) in [5, 5.41) is -3.14. The van der Waals surface area contributed by atoms with Gasteiger partial charge in [-0.25, -0.2) is 0 Å². The minimum absolute atomic E-state index is 0.208. The van der Waals surface area contributed by atoms with E-state index in [0.29, 0.717) is 0 Å². The molecule has 34 heavy (non-hydrogen) atoms. The number of fused-ring (bicyclic) bond motifs is 4. The van der Waals surface area contributed by atoms with Crippen LogP contribution in [0.25, 0.3) is 65.3 Å². The number of benzene rings is 7. The molecule has 7 aromatic rings. The molecule has 0 fully saturated rings. The summed E-state index contributed by atoms with van der Waals surface area (Å²) < 4.78 is 175. The number of rotatable bonds is 2. The van der Waals surface area contributed by atoms with Crippen LogP contribution in [0.3, 0.4) is 0 Å². The van der Waals surface area contributed by atoms with Gasteiger partial charge >= 0.3 is 0 Å². The average molecular weight is 451 g/mol. The van der Waals surface area contributed by atoms with Crippen LogP contribution < -0.4 is 0 Å². The maximum atomic E-state index is 9.31. The van der Waals surface area contributed by atoms with E-state index in [-0.39, 0.29) is 27.3 Å². The molecule has 0 amide bonds. The van der Waals surface area contributed by atoms with E-state index < -0.39 is 159 Å². The molecule has 0 bridgehead atoms. The molecule has 0 aliphatic heterocycles. The van der Waals surface area contributed by atoms with E-state index >= 15 is 0 Å². The van der Waals surface area contributed by atoms with E-state index in [1.807, 2.05) is 0 Å². The predicted molar refractivity (Wildman–Crippen MR) is 147 cm³/mol. The first-order valence-corrected chi connectivity index (χ1v) is 10.2. The first-order chi connectivity index (χ1) is 25.2. The Labute approximate surface area is 226 Å². The molecule has 0 N–H and O–H groups in total. The summed E-state index contributed by atoms with van der Waals surface area (Å²) in [7, 11) is 0. The number of hydrogen-bond acceptors (Lipinski definition) is 0. The highest BCUT2D eigenvalue weighted by Gasteiger charge is 2.17. The second kappa shape index (κ2) is 7.57. The smallest absolute Gasteiger partial charge is 0.0616 e. The molecule has 0 spiro atoms. The second-order valence-electron chi connectivity index (χ2n) is 7.40. The topological polar surface area (TPSA) is 0 Å². The fraction of sp³-hybridized carbons (Fsp3) is 0. The molecule has 7 rings (SSSR count). The van der Waals surface area contributed by atoms with Crippen LogP contribution in [0.15, 0.2) is 133 Å². The van der Waals surface area contributed by atoms with Gasteiger partial charge in [-0.1, -0.05) is 127 Å². The molecule has 0 saturated carbocycles. The minimum atomic E-state index is -0.833. The Hall–Kier alpha value is -4.42. The molecule has 7 aromatic carbocycles. The van der Waals surface area contributed by atoms with Gasteiger partial charge in [-0.05, 0) is 71.4 Å². The SMILES string of the molecule is [2H]c1cc2c(-c3c4cc([2H])c([2H])c([2H])c4c(-c4c([2H])c([2H])c5c([2H])c([2H])c([2H])c([2H])c5c4[2H])c4c([2H])c([2H])c([2H])c([2H])c34)c([2H])c([2H])c([2H])c2c([2H])c1[2H]. The molecule has 0 unspecified atom stereocenters. The van der Waals surface area contributed by atoms with Crippen molar-refractivity contribution in [2.24, 2.45) is 0 Å². The van der Waals surface area contributed by atoms with Gasteiger partial charge in [0, 0.05) is 0 Å². The number of hydrogen-bond donors (Lipinski definition) is 0. The van der Waals surface area contributed by atoms with Crippen molar-refractivity contribution >= 4 is 43.1 Å². The van der Waals surface area contributed by atoms with Gasteiger partial charge in [0.25, 0.3) is 0 Å². The van der Waals surface area contributed by atoms with Gasteiger partial charge in [0.15, 0.2) is 0 Å². The van der Waals surface area contributed by atoms with Crippen LogP contribution in [0.2, 0.25) is 0 Å². The fourth-order valence-electron chi connectivity index (χ4n) is 4.17. The summed E-state index contributed by atoms with van der Waals surface area (Å²) >= 11 is 0. The van der Waals surface area contributed by atoms with Crippen molar-refractivity contribution in [1.29, 1.82) is 0 Å². The third kappa shape index (κ3) is 2.86. The molecule has 0 heterocycles. The first-order valence-electron chi connectivity index (χ1n) is 20.2. The van der Waals surface area contributed by atoms with Crippen LogP contribution in [-0.2, 0) is 0 Å². The normalized spacial score (nSPS) is 19.8. The third-order valence-corrected chi connectivity index (χ3v) is 5.59. The lowest BCUT2D eigenvalue weighted by molar-refractivity contribution is 1.68. The second-order valence-corrected chi connectivity index (χ2v) is 7.40. The quantitative estimate of drug-likeness (QED) is 0.230. The van der Waals surface area contributed by atoms with Crippen molar-refractivity contribution in [3.8, 4) is 22.3 Å². The van der Waals surface area contributed by atoms with E-state index in [2.05, 4.69) is 0 Å². The first kappa shape index (κ1) is 7.82. The lowest BCUT2D eigenvalue weighted by Gasteiger charge is -2.19. The van der Waals surface area contributed by atoms with E-state index in [1.54, 1.807) is 0 Å². The minimum Gasteiger partial charge on any atom is -0.0616 e. The highest BCUT2D eigenvalue weighted by molar-refractivity contribution is 6.23. The third-order valence-electron chi connectivity index (χ3n) is 5.59. The molecule has 0 atom stereocenters. The lowest BCUT2D eigenvalue weighted by atomic mass is 9.84. The zero-order valence-corrected chi connectivity index (χ0v) is 17.2. The van der Waals surface area contributed by atoms with Crippen molar-refractivity contribution in [3.63, 3.8) is 0 Å². The van der Waals surface area contributed by atoms with Gasteiger partial charge in [0.05, 0.1) is 27.4 Å². The molecule has 0 heteroatoms. The fourth-order valence-corrected chi connectivity index (χ4v) is 4.17. The van der Waals surface area contributed by atoms with Crippen molar-refractivity contribution < 1.29 is 27.4 Å². The van der Waals surface area contributed by atoms with Gasteiger partial charge in [-0.3, -0.25) is 0 Å². The standard InChI is InChI=1S/C34H22/c1-2-12-25-22-26(21-20-23(25)10-1)33-29-15-5-7-17-31(29)34(32-18-8-6-16-30(32)33)28-19-9-13-24-11-3-4-14-27(24)28/h1-22H/i1D,2D,3D,4D,5D,6D,7D,8D,9D,10D,11D,12D,13D,15D,16D,17D,19D,20D,21D,22D. The molecule has 0 aliphatic carbocycles. The molecule has 0 nitrogen and oxygen atoms in total. The van der Waals surface area contributed by atoms with Crippen molar-refractivity contribution in [3.05, 3.63) is 133 Å². The molecular weight excluding hydrogens is 408 g/mol. The Morgan fingerprint density at radius 1 is 0.382 bits per heavy atom. The zero-order chi connectivity index (χ0) is 39.9. The van der Waals surface area contributed by atoms with Crippen molar-refractivity contribution in [2.45, 2.75) is 0 Å². The molecule has 0 aliphatic rings. The molecule has 0 radical (unpaired) electrons. The Morgan fingerprint density at radius 3 is 1.82 bits per heavy atom. The monoisotopic (exact) mass is 450 g/mol. The van der Waals surface area contributed by atoms with E-state index in [4.69, 9.17) is 23.3 Å². The van der Waals surface area contributed by atoms with Gasteiger partial charge in [0.1, 0.15) is 0 Å². The molecule has 158 valence electrons. The zero-order valence-electron chi connectivity index (χ0n) is 37.2. The van der Waals surface area contributed by atoms with Crippen LogP contribution in [0.1, 0.15) is 27.4 Å². The summed E-state index contributed by atoms with van der Waals surface area (Å²) in [6, 6.07) is -12.3. The van der Waals surface area contributed by atoms with Gasteiger partial charge in [-0.15, -0.1) is 0 Å². The summed E-state index contributed by atoms with van der Waals surface area (Å²) in [5.41, 5.74) is -1.75. The van der Waals surface area contributed by atoms with Crippen LogP contribution in [0.4, 0.5) is 0 Å².